The molecular formula is C22H23N3O4. The first-order valence-electron chi connectivity index (χ1n) is 9.46. The molecule has 0 radical (unpaired) electrons. The van der Waals surface area contributed by atoms with Crippen molar-refractivity contribution in [3.63, 3.8) is 0 Å². The van der Waals surface area contributed by atoms with Gasteiger partial charge in [-0.15, -0.1) is 0 Å². The quantitative estimate of drug-likeness (QED) is 0.648. The fourth-order valence-corrected chi connectivity index (χ4v) is 3.19. The van der Waals surface area contributed by atoms with Crippen LogP contribution in [0, 0.1) is 5.92 Å². The fraction of sp³-hybridized carbons (Fsp3) is 0.273. The van der Waals surface area contributed by atoms with Crippen molar-refractivity contribution in [2.45, 2.75) is 26.8 Å². The van der Waals surface area contributed by atoms with Crippen molar-refractivity contribution < 1.29 is 14.3 Å². The van der Waals surface area contributed by atoms with Crippen LogP contribution in [0.25, 0.3) is 10.9 Å². The van der Waals surface area contributed by atoms with Crippen LogP contribution in [0.1, 0.15) is 37.2 Å². The number of fused-ring (bicyclic) bond motifs is 1. The number of nitrogens with one attached hydrogen (secondary N) is 1. The average Bonchev–Trinajstić information content (AvgIpc) is 2.70. The van der Waals surface area contributed by atoms with Crippen LogP contribution in [0.4, 0.5) is 5.69 Å². The molecule has 0 aliphatic heterocycles. The van der Waals surface area contributed by atoms with Gasteiger partial charge >= 0.3 is 5.97 Å². The summed E-state index contributed by atoms with van der Waals surface area (Å²) in [5.41, 5.74) is 1.10. The Kier molecular flexibility index (Phi) is 6.07. The summed E-state index contributed by atoms with van der Waals surface area (Å²) < 4.78 is 6.35. The third kappa shape index (κ3) is 4.34. The number of nitrogens with zero attached hydrogens (tertiary/aromatic N) is 2. The average molecular weight is 393 g/mol. The van der Waals surface area contributed by atoms with E-state index in [1.807, 2.05) is 19.9 Å². The van der Waals surface area contributed by atoms with E-state index in [2.05, 4.69) is 10.3 Å². The van der Waals surface area contributed by atoms with E-state index in [4.69, 9.17) is 4.74 Å². The van der Waals surface area contributed by atoms with Gasteiger partial charge in [-0.05, 0) is 43.2 Å². The zero-order chi connectivity index (χ0) is 21.0. The van der Waals surface area contributed by atoms with Crippen LogP contribution in [0.15, 0.2) is 59.7 Å². The van der Waals surface area contributed by atoms with E-state index >= 15 is 0 Å². The van der Waals surface area contributed by atoms with Crippen LogP contribution < -0.4 is 10.9 Å². The van der Waals surface area contributed by atoms with Gasteiger partial charge in [-0.2, -0.15) is 0 Å². The third-order valence-corrected chi connectivity index (χ3v) is 4.53. The van der Waals surface area contributed by atoms with E-state index in [-0.39, 0.29) is 24.0 Å². The van der Waals surface area contributed by atoms with E-state index in [9.17, 15) is 14.4 Å². The van der Waals surface area contributed by atoms with Crippen LogP contribution in [0.3, 0.4) is 0 Å². The molecule has 1 atom stereocenters. The normalized spacial score (nSPS) is 12.0. The summed E-state index contributed by atoms with van der Waals surface area (Å²) in [7, 11) is 0. The van der Waals surface area contributed by atoms with Gasteiger partial charge in [-0.3, -0.25) is 14.2 Å². The SMILES string of the molecule is CCOC(=O)c1cccc(NC(=O)C(C(C)C)n2cnc3ccccc3c2=O)c1. The monoisotopic (exact) mass is 393 g/mol. The van der Waals surface area contributed by atoms with Crippen molar-refractivity contribution in [2.75, 3.05) is 11.9 Å². The molecule has 1 N–H and O–H groups in total. The summed E-state index contributed by atoms with van der Waals surface area (Å²) in [6.45, 7) is 5.72. The topological polar surface area (TPSA) is 90.3 Å². The van der Waals surface area contributed by atoms with Gasteiger partial charge in [-0.25, -0.2) is 9.78 Å². The molecule has 29 heavy (non-hydrogen) atoms. The minimum atomic E-state index is -0.758. The number of esters is 1. The van der Waals surface area contributed by atoms with Gasteiger partial charge in [0.15, 0.2) is 0 Å². The first kappa shape index (κ1) is 20.3. The number of anilines is 1. The van der Waals surface area contributed by atoms with E-state index in [0.717, 1.165) is 0 Å². The molecule has 1 unspecified atom stereocenters. The number of para-hydroxylation sites is 1. The number of benzene rings is 2. The smallest absolute Gasteiger partial charge is 0.338 e. The Morgan fingerprint density at radius 3 is 2.62 bits per heavy atom. The Balaban J connectivity index is 1.92. The maximum absolute atomic E-state index is 13.0. The lowest BCUT2D eigenvalue weighted by Crippen LogP contribution is -2.36. The Morgan fingerprint density at radius 1 is 1.14 bits per heavy atom. The number of rotatable bonds is 6. The fourth-order valence-electron chi connectivity index (χ4n) is 3.19. The second-order valence-electron chi connectivity index (χ2n) is 6.95. The Labute approximate surface area is 168 Å². The summed E-state index contributed by atoms with van der Waals surface area (Å²) in [4.78, 5) is 42.2. The van der Waals surface area contributed by atoms with Crippen LogP contribution in [-0.4, -0.2) is 28.0 Å². The number of carbonyl (C=O) groups is 2. The first-order valence-corrected chi connectivity index (χ1v) is 9.46. The van der Waals surface area contributed by atoms with Gasteiger partial charge in [0.2, 0.25) is 5.91 Å². The van der Waals surface area contributed by atoms with Crippen molar-refractivity contribution in [3.8, 4) is 0 Å². The summed E-state index contributed by atoms with van der Waals surface area (Å²) in [6.07, 6.45) is 1.41. The zero-order valence-electron chi connectivity index (χ0n) is 16.6. The summed E-state index contributed by atoms with van der Waals surface area (Å²) in [5.74, 6) is -0.983. The van der Waals surface area contributed by atoms with Crippen LogP contribution in [0.5, 0.6) is 0 Å². The van der Waals surface area contributed by atoms with Gasteiger partial charge in [0.25, 0.3) is 5.56 Å². The zero-order valence-corrected chi connectivity index (χ0v) is 16.6. The standard InChI is InChI=1S/C22H23N3O4/c1-4-29-22(28)15-8-7-9-16(12-15)24-20(26)19(14(2)3)25-13-23-18-11-6-5-10-17(18)21(25)27/h5-14,19H,4H2,1-3H3,(H,24,26). The molecule has 0 aliphatic carbocycles. The molecule has 3 aromatic rings. The number of hydrogen-bond acceptors (Lipinski definition) is 5. The highest BCUT2D eigenvalue weighted by Gasteiger charge is 2.26. The maximum atomic E-state index is 13.0. The predicted molar refractivity (Wildman–Crippen MR) is 111 cm³/mol. The Hall–Kier alpha value is -3.48. The van der Waals surface area contributed by atoms with E-state index < -0.39 is 12.0 Å². The summed E-state index contributed by atoms with van der Waals surface area (Å²) in [5, 5.41) is 3.26. The molecule has 7 heteroatoms. The molecule has 0 aliphatic rings. The molecule has 3 rings (SSSR count). The highest BCUT2D eigenvalue weighted by molar-refractivity contribution is 5.96. The molecule has 2 aromatic carbocycles. The molecule has 1 aromatic heterocycles. The van der Waals surface area contributed by atoms with Gasteiger partial charge in [0, 0.05) is 5.69 Å². The van der Waals surface area contributed by atoms with Crippen molar-refractivity contribution in [3.05, 3.63) is 70.8 Å². The van der Waals surface area contributed by atoms with Crippen LogP contribution >= 0.6 is 0 Å². The molecule has 1 heterocycles. The highest BCUT2D eigenvalue weighted by Crippen LogP contribution is 2.20. The molecule has 0 saturated carbocycles. The van der Waals surface area contributed by atoms with Crippen molar-refractivity contribution in [2.24, 2.45) is 5.92 Å². The summed E-state index contributed by atoms with van der Waals surface area (Å²) in [6, 6.07) is 12.8. The number of hydrogen-bond donors (Lipinski definition) is 1. The second kappa shape index (κ2) is 8.68. The molecular weight excluding hydrogens is 370 g/mol. The van der Waals surface area contributed by atoms with Crippen molar-refractivity contribution >= 4 is 28.5 Å². The number of aromatic nitrogens is 2. The maximum Gasteiger partial charge on any atom is 0.338 e. The van der Waals surface area contributed by atoms with E-state index in [0.29, 0.717) is 22.2 Å². The summed E-state index contributed by atoms with van der Waals surface area (Å²) >= 11 is 0. The molecule has 1 amide bonds. The van der Waals surface area contributed by atoms with Gasteiger partial charge in [0.1, 0.15) is 6.04 Å². The van der Waals surface area contributed by atoms with Crippen LogP contribution in [-0.2, 0) is 9.53 Å². The lowest BCUT2D eigenvalue weighted by atomic mass is 10.0. The molecule has 0 spiro atoms. The highest BCUT2D eigenvalue weighted by atomic mass is 16.5. The Morgan fingerprint density at radius 2 is 1.90 bits per heavy atom. The molecule has 0 bridgehead atoms. The largest absolute Gasteiger partial charge is 0.462 e. The second-order valence-corrected chi connectivity index (χ2v) is 6.95. The molecule has 0 fully saturated rings. The minimum Gasteiger partial charge on any atom is -0.462 e. The van der Waals surface area contributed by atoms with Crippen molar-refractivity contribution in [1.29, 1.82) is 0 Å². The Bertz CT molecular complexity index is 1100. The van der Waals surface area contributed by atoms with E-state index in [1.54, 1.807) is 49.4 Å². The molecule has 7 nitrogen and oxygen atoms in total. The van der Waals surface area contributed by atoms with Gasteiger partial charge in [-0.1, -0.05) is 32.0 Å². The minimum absolute atomic E-state index is 0.163. The number of carbonyl (C=O) groups excluding carboxylic acids is 2. The predicted octanol–water partition coefficient (Wildman–Crippen LogP) is 3.41. The number of amides is 1. The van der Waals surface area contributed by atoms with E-state index in [1.165, 1.54) is 10.9 Å². The van der Waals surface area contributed by atoms with Gasteiger partial charge < -0.3 is 10.1 Å². The number of ether oxygens (including phenoxy) is 1. The van der Waals surface area contributed by atoms with Gasteiger partial charge in [0.05, 0.1) is 29.4 Å². The van der Waals surface area contributed by atoms with Crippen LogP contribution in [0.2, 0.25) is 0 Å². The third-order valence-electron chi connectivity index (χ3n) is 4.53. The molecule has 150 valence electrons. The lowest BCUT2D eigenvalue weighted by Gasteiger charge is -2.22. The first-order chi connectivity index (χ1) is 13.9. The molecule has 0 saturated heterocycles. The van der Waals surface area contributed by atoms with Crippen molar-refractivity contribution in [1.82, 2.24) is 9.55 Å². The lowest BCUT2D eigenvalue weighted by molar-refractivity contribution is -0.120.